The van der Waals surface area contributed by atoms with Crippen molar-refractivity contribution in [3.63, 3.8) is 0 Å². The maximum absolute atomic E-state index is 12.5. The Hall–Kier alpha value is -1.21. The van der Waals surface area contributed by atoms with Crippen LogP contribution in [0, 0.1) is 0 Å². The number of carbonyl (C=O) groups is 2. The van der Waals surface area contributed by atoms with Crippen LogP contribution in [0.4, 0.5) is 0 Å². The highest BCUT2D eigenvalue weighted by Crippen LogP contribution is 2.24. The first-order valence-electron chi connectivity index (χ1n) is 5.93. The highest BCUT2D eigenvalue weighted by atomic mass is 32.2. The molecule has 0 spiro atoms. The van der Waals surface area contributed by atoms with E-state index in [9.17, 15) is 9.59 Å². The van der Waals surface area contributed by atoms with Crippen LogP contribution < -0.4 is 0 Å². The SMILES string of the molecule is CCOC(=O)C(C)(N=C(SC)SC)C(=O)c1ccco1. The van der Waals surface area contributed by atoms with E-state index in [1.54, 1.807) is 13.0 Å². The number of ether oxygens (including phenoxy) is 1. The molecule has 0 amide bonds. The predicted octanol–water partition coefficient (Wildman–Crippen LogP) is 2.87. The highest BCUT2D eigenvalue weighted by molar-refractivity contribution is 8.38. The zero-order chi connectivity index (χ0) is 15.2. The topological polar surface area (TPSA) is 68.9 Å². The van der Waals surface area contributed by atoms with Crippen LogP contribution in [0.15, 0.2) is 27.8 Å². The standard InChI is InChI=1S/C13H17NO4S2/c1-5-17-11(16)13(2,14-12(19-3)20-4)10(15)9-7-6-8-18-9/h6-8H,5H2,1-4H3. The van der Waals surface area contributed by atoms with Gasteiger partial charge < -0.3 is 9.15 Å². The van der Waals surface area contributed by atoms with Crippen molar-refractivity contribution < 1.29 is 18.7 Å². The van der Waals surface area contributed by atoms with Gasteiger partial charge in [-0.1, -0.05) is 0 Å². The third kappa shape index (κ3) is 3.67. The molecule has 1 aromatic rings. The first-order valence-corrected chi connectivity index (χ1v) is 8.37. The van der Waals surface area contributed by atoms with E-state index in [2.05, 4.69) is 4.99 Å². The fraction of sp³-hybridized carbons (Fsp3) is 0.462. The number of thioether (sulfide) groups is 2. The van der Waals surface area contributed by atoms with Crippen LogP contribution >= 0.6 is 23.5 Å². The lowest BCUT2D eigenvalue weighted by Gasteiger charge is -2.21. The van der Waals surface area contributed by atoms with E-state index in [4.69, 9.17) is 9.15 Å². The predicted molar refractivity (Wildman–Crippen MR) is 82.5 cm³/mol. The second-order valence-corrected chi connectivity index (χ2v) is 5.73. The van der Waals surface area contributed by atoms with Crippen molar-refractivity contribution >= 4 is 39.7 Å². The number of carbonyl (C=O) groups excluding carboxylic acids is 2. The molecule has 0 aliphatic heterocycles. The lowest BCUT2D eigenvalue weighted by atomic mass is 9.95. The van der Waals surface area contributed by atoms with Gasteiger partial charge in [0, 0.05) is 0 Å². The molecule has 0 saturated carbocycles. The minimum Gasteiger partial charge on any atom is -0.464 e. The zero-order valence-electron chi connectivity index (χ0n) is 11.8. The van der Waals surface area contributed by atoms with Gasteiger partial charge in [0.1, 0.15) is 4.38 Å². The van der Waals surface area contributed by atoms with Crippen LogP contribution in [0.1, 0.15) is 24.4 Å². The van der Waals surface area contributed by atoms with Gasteiger partial charge in [0.2, 0.25) is 11.3 Å². The highest BCUT2D eigenvalue weighted by Gasteiger charge is 2.44. The van der Waals surface area contributed by atoms with Crippen LogP contribution in [0.3, 0.4) is 0 Å². The normalized spacial score (nSPS) is 13.4. The molecule has 0 N–H and O–H groups in total. The summed E-state index contributed by atoms with van der Waals surface area (Å²) in [4.78, 5) is 28.9. The first kappa shape index (κ1) is 16.8. The molecule has 1 atom stereocenters. The molecule has 7 heteroatoms. The molecule has 0 fully saturated rings. The minimum absolute atomic E-state index is 0.0888. The molecular formula is C13H17NO4S2. The Morgan fingerprint density at radius 2 is 2.05 bits per heavy atom. The average molecular weight is 315 g/mol. The molecule has 5 nitrogen and oxygen atoms in total. The summed E-state index contributed by atoms with van der Waals surface area (Å²) < 4.78 is 10.7. The Kier molecular flexibility index (Phi) is 6.35. The summed E-state index contributed by atoms with van der Waals surface area (Å²) in [5.41, 5.74) is -1.63. The smallest absolute Gasteiger partial charge is 0.342 e. The van der Waals surface area contributed by atoms with Crippen molar-refractivity contribution in [2.45, 2.75) is 19.4 Å². The molecule has 0 radical (unpaired) electrons. The molecular weight excluding hydrogens is 298 g/mol. The van der Waals surface area contributed by atoms with Crippen molar-refractivity contribution in [2.24, 2.45) is 4.99 Å². The summed E-state index contributed by atoms with van der Waals surface area (Å²) in [5.74, 6) is -1.10. The van der Waals surface area contributed by atoms with Crippen LogP contribution in [0.2, 0.25) is 0 Å². The summed E-state index contributed by atoms with van der Waals surface area (Å²) in [7, 11) is 0. The number of aliphatic imine (C=N–C) groups is 1. The number of nitrogens with zero attached hydrogens (tertiary/aromatic N) is 1. The van der Waals surface area contributed by atoms with E-state index in [0.29, 0.717) is 4.38 Å². The molecule has 110 valence electrons. The van der Waals surface area contributed by atoms with Crippen LogP contribution in [0.25, 0.3) is 0 Å². The maximum Gasteiger partial charge on any atom is 0.342 e. The number of furan rings is 1. The van der Waals surface area contributed by atoms with Crippen LogP contribution in [0.5, 0.6) is 0 Å². The molecule has 0 aliphatic rings. The Morgan fingerprint density at radius 1 is 1.40 bits per heavy atom. The largest absolute Gasteiger partial charge is 0.464 e. The molecule has 1 rings (SSSR count). The second-order valence-electron chi connectivity index (χ2n) is 3.89. The number of rotatable bonds is 5. The van der Waals surface area contributed by atoms with Crippen LogP contribution in [-0.4, -0.2) is 40.8 Å². The monoisotopic (exact) mass is 315 g/mol. The van der Waals surface area contributed by atoms with Gasteiger partial charge in [-0.25, -0.2) is 9.79 Å². The fourth-order valence-electron chi connectivity index (χ4n) is 1.47. The van der Waals surface area contributed by atoms with Crippen molar-refractivity contribution in [2.75, 3.05) is 19.1 Å². The number of hydrogen-bond donors (Lipinski definition) is 0. The number of ketones is 1. The van der Waals surface area contributed by atoms with Gasteiger partial charge in [0.05, 0.1) is 12.9 Å². The third-order valence-corrected chi connectivity index (χ3v) is 4.41. The number of Topliss-reactive ketones (excluding diaryl/α,β-unsaturated/α-hetero) is 1. The van der Waals surface area contributed by atoms with Crippen molar-refractivity contribution in [3.8, 4) is 0 Å². The van der Waals surface area contributed by atoms with Gasteiger partial charge in [-0.3, -0.25) is 4.79 Å². The van der Waals surface area contributed by atoms with Crippen molar-refractivity contribution in [1.29, 1.82) is 0 Å². The van der Waals surface area contributed by atoms with E-state index in [-0.39, 0.29) is 12.4 Å². The van der Waals surface area contributed by atoms with E-state index < -0.39 is 17.3 Å². The number of esters is 1. The summed E-state index contributed by atoms with van der Waals surface area (Å²) >= 11 is 2.74. The van der Waals surface area contributed by atoms with Gasteiger partial charge in [-0.2, -0.15) is 0 Å². The third-order valence-electron chi connectivity index (χ3n) is 2.52. The molecule has 1 heterocycles. The average Bonchev–Trinajstić information content (AvgIpc) is 2.97. The van der Waals surface area contributed by atoms with E-state index in [1.165, 1.54) is 42.8 Å². The van der Waals surface area contributed by atoms with E-state index >= 15 is 0 Å². The summed E-state index contributed by atoms with van der Waals surface area (Å²) in [6.07, 6.45) is 5.04. The quantitative estimate of drug-likeness (QED) is 0.274. The van der Waals surface area contributed by atoms with E-state index in [0.717, 1.165) is 0 Å². The maximum atomic E-state index is 12.5. The van der Waals surface area contributed by atoms with Gasteiger partial charge in [-0.05, 0) is 38.5 Å². The van der Waals surface area contributed by atoms with Crippen molar-refractivity contribution in [3.05, 3.63) is 24.2 Å². The van der Waals surface area contributed by atoms with Gasteiger partial charge in [-0.15, -0.1) is 23.5 Å². The van der Waals surface area contributed by atoms with Gasteiger partial charge >= 0.3 is 5.97 Å². The fourth-order valence-corrected chi connectivity index (χ4v) is 2.68. The molecule has 0 aliphatic carbocycles. The number of hydrogen-bond acceptors (Lipinski definition) is 7. The molecule has 20 heavy (non-hydrogen) atoms. The Labute approximate surface area is 126 Å². The Balaban J connectivity index is 3.23. The van der Waals surface area contributed by atoms with Gasteiger partial charge in [0.15, 0.2) is 5.76 Å². The summed E-state index contributed by atoms with van der Waals surface area (Å²) in [6.45, 7) is 3.31. The van der Waals surface area contributed by atoms with E-state index in [1.807, 2.05) is 12.5 Å². The Morgan fingerprint density at radius 3 is 2.50 bits per heavy atom. The lowest BCUT2D eigenvalue weighted by Crippen LogP contribution is -2.43. The molecule has 0 saturated heterocycles. The van der Waals surface area contributed by atoms with Crippen LogP contribution in [-0.2, 0) is 9.53 Å². The van der Waals surface area contributed by atoms with Gasteiger partial charge in [0.25, 0.3) is 0 Å². The molecule has 1 aromatic heterocycles. The zero-order valence-corrected chi connectivity index (χ0v) is 13.5. The molecule has 0 bridgehead atoms. The Bertz CT molecular complexity index is 492. The lowest BCUT2D eigenvalue weighted by molar-refractivity contribution is -0.146. The first-order chi connectivity index (χ1) is 9.49. The van der Waals surface area contributed by atoms with Crippen molar-refractivity contribution in [1.82, 2.24) is 0 Å². The molecule has 0 aromatic carbocycles. The second kappa shape index (κ2) is 7.54. The summed E-state index contributed by atoms with van der Waals surface area (Å²) in [6, 6.07) is 3.10. The molecule has 1 unspecified atom stereocenters. The minimum atomic E-state index is -1.63. The summed E-state index contributed by atoms with van der Waals surface area (Å²) in [5, 5.41) is 0.